The molecule has 0 bridgehead atoms. The zero-order valence-electron chi connectivity index (χ0n) is 6.99. The zero-order valence-corrected chi connectivity index (χ0v) is 8.62. The molecule has 68 valence electrons. The predicted molar refractivity (Wildman–Crippen MR) is 45.8 cm³/mol. The van der Waals surface area contributed by atoms with Crippen molar-refractivity contribution in [2.75, 3.05) is 7.11 Å². The molecule has 0 saturated carbocycles. The average Bonchev–Trinajstić information content (AvgIpc) is 2.31. The molecule has 6 heteroatoms. The summed E-state index contributed by atoms with van der Waals surface area (Å²) in [5.74, 6) is 0. The van der Waals surface area contributed by atoms with Gasteiger partial charge in [0.1, 0.15) is 0 Å². The van der Waals surface area contributed by atoms with Crippen LogP contribution in [0.5, 0.6) is 0 Å². The SMILES string of the molecule is COS(=O)(=O)c1sc(C)nc1C. The zero-order chi connectivity index (χ0) is 9.35. The van der Waals surface area contributed by atoms with Crippen LogP contribution in [-0.4, -0.2) is 20.5 Å². The van der Waals surface area contributed by atoms with Crippen molar-refractivity contribution in [3.05, 3.63) is 10.7 Å². The molecule has 1 rings (SSSR count). The lowest BCUT2D eigenvalue weighted by molar-refractivity contribution is 0.399. The lowest BCUT2D eigenvalue weighted by atomic mass is 10.6. The highest BCUT2D eigenvalue weighted by molar-refractivity contribution is 7.89. The summed E-state index contributed by atoms with van der Waals surface area (Å²) in [6.07, 6.45) is 0. The van der Waals surface area contributed by atoms with Gasteiger partial charge in [-0.1, -0.05) is 0 Å². The molecule has 0 radical (unpaired) electrons. The molecule has 1 heterocycles. The van der Waals surface area contributed by atoms with E-state index in [4.69, 9.17) is 0 Å². The van der Waals surface area contributed by atoms with E-state index in [1.165, 1.54) is 0 Å². The summed E-state index contributed by atoms with van der Waals surface area (Å²) in [4.78, 5) is 3.98. The van der Waals surface area contributed by atoms with E-state index < -0.39 is 10.1 Å². The number of thiazole rings is 1. The molecule has 0 saturated heterocycles. The smallest absolute Gasteiger partial charge is 0.269 e. The summed E-state index contributed by atoms with van der Waals surface area (Å²) in [6, 6.07) is 0. The van der Waals surface area contributed by atoms with Gasteiger partial charge in [-0.25, -0.2) is 4.98 Å². The first-order chi connectivity index (χ1) is 5.47. The Morgan fingerprint density at radius 2 is 2.00 bits per heavy atom. The van der Waals surface area contributed by atoms with Crippen LogP contribution in [0.25, 0.3) is 0 Å². The standard InChI is InChI=1S/C6H9NO3S2/c1-4-6(11-5(2)7-4)12(8,9)10-3/h1-3H3. The van der Waals surface area contributed by atoms with Crippen molar-refractivity contribution in [3.63, 3.8) is 0 Å². The van der Waals surface area contributed by atoms with Gasteiger partial charge in [0.05, 0.1) is 17.8 Å². The molecule has 0 amide bonds. The van der Waals surface area contributed by atoms with Gasteiger partial charge >= 0.3 is 10.1 Å². The van der Waals surface area contributed by atoms with Crippen LogP contribution in [-0.2, 0) is 14.3 Å². The largest absolute Gasteiger partial charge is 0.308 e. The molecule has 0 spiro atoms. The van der Waals surface area contributed by atoms with Crippen LogP contribution in [0, 0.1) is 13.8 Å². The van der Waals surface area contributed by atoms with E-state index >= 15 is 0 Å². The van der Waals surface area contributed by atoms with Crippen LogP contribution in [0.2, 0.25) is 0 Å². The molecule has 0 fully saturated rings. The quantitative estimate of drug-likeness (QED) is 0.681. The monoisotopic (exact) mass is 207 g/mol. The lowest BCUT2D eigenvalue weighted by Crippen LogP contribution is -2.01. The Kier molecular flexibility index (Phi) is 2.50. The summed E-state index contributed by atoms with van der Waals surface area (Å²) in [5.41, 5.74) is 0.499. The molecular weight excluding hydrogens is 198 g/mol. The summed E-state index contributed by atoms with van der Waals surface area (Å²) in [6.45, 7) is 3.40. The Balaban J connectivity index is 3.29. The molecule has 4 nitrogen and oxygen atoms in total. The second-order valence-electron chi connectivity index (χ2n) is 2.23. The predicted octanol–water partition coefficient (Wildman–Crippen LogP) is 1.10. The van der Waals surface area contributed by atoms with Crippen LogP contribution in [0.15, 0.2) is 4.21 Å². The fraction of sp³-hybridized carbons (Fsp3) is 0.500. The third kappa shape index (κ3) is 1.65. The summed E-state index contributed by atoms with van der Waals surface area (Å²) < 4.78 is 26.9. The summed E-state index contributed by atoms with van der Waals surface area (Å²) in [7, 11) is -2.41. The molecule has 0 aliphatic rings. The highest BCUT2D eigenvalue weighted by atomic mass is 32.3. The van der Waals surface area contributed by atoms with Crippen LogP contribution in [0.3, 0.4) is 0 Å². The second-order valence-corrected chi connectivity index (χ2v) is 5.34. The van der Waals surface area contributed by atoms with Crippen molar-refractivity contribution in [1.29, 1.82) is 0 Å². The molecule has 0 aliphatic heterocycles. The Labute approximate surface area is 75.3 Å². The van der Waals surface area contributed by atoms with Crippen LogP contribution >= 0.6 is 11.3 Å². The van der Waals surface area contributed by atoms with E-state index in [2.05, 4.69) is 9.17 Å². The van der Waals surface area contributed by atoms with Crippen molar-refractivity contribution in [2.24, 2.45) is 0 Å². The number of hydrogen-bond donors (Lipinski definition) is 0. The van der Waals surface area contributed by atoms with E-state index in [0.29, 0.717) is 5.69 Å². The lowest BCUT2D eigenvalue weighted by Gasteiger charge is -1.96. The van der Waals surface area contributed by atoms with E-state index in [1.54, 1.807) is 13.8 Å². The van der Waals surface area contributed by atoms with Gasteiger partial charge in [0.15, 0.2) is 4.21 Å². The minimum atomic E-state index is -3.55. The van der Waals surface area contributed by atoms with Gasteiger partial charge < -0.3 is 0 Å². The van der Waals surface area contributed by atoms with Crippen molar-refractivity contribution < 1.29 is 12.6 Å². The Bertz CT molecular complexity index is 379. The highest BCUT2D eigenvalue weighted by Gasteiger charge is 2.19. The van der Waals surface area contributed by atoms with Gasteiger partial charge in [0, 0.05) is 0 Å². The Morgan fingerprint density at radius 1 is 1.42 bits per heavy atom. The van der Waals surface area contributed by atoms with Gasteiger partial charge in [-0.2, -0.15) is 8.42 Å². The van der Waals surface area contributed by atoms with Gasteiger partial charge in [-0.15, -0.1) is 11.3 Å². The molecule has 1 aromatic heterocycles. The first-order valence-electron chi connectivity index (χ1n) is 3.22. The van der Waals surface area contributed by atoms with Crippen molar-refractivity contribution in [3.8, 4) is 0 Å². The molecular formula is C6H9NO3S2. The van der Waals surface area contributed by atoms with Gasteiger partial charge in [0.25, 0.3) is 0 Å². The van der Waals surface area contributed by atoms with Crippen molar-refractivity contribution in [1.82, 2.24) is 4.98 Å². The maximum Gasteiger partial charge on any atom is 0.308 e. The van der Waals surface area contributed by atoms with E-state index in [-0.39, 0.29) is 4.21 Å². The van der Waals surface area contributed by atoms with E-state index in [0.717, 1.165) is 23.5 Å². The summed E-state index contributed by atoms with van der Waals surface area (Å²) >= 11 is 1.12. The molecule has 0 aromatic carbocycles. The molecule has 12 heavy (non-hydrogen) atoms. The number of nitrogens with zero attached hydrogens (tertiary/aromatic N) is 1. The molecule has 0 aliphatic carbocycles. The Hall–Kier alpha value is -0.460. The minimum absolute atomic E-state index is 0.197. The van der Waals surface area contributed by atoms with Crippen molar-refractivity contribution in [2.45, 2.75) is 18.1 Å². The maximum absolute atomic E-state index is 11.2. The molecule has 0 atom stereocenters. The molecule has 0 unspecified atom stereocenters. The first kappa shape index (κ1) is 9.63. The average molecular weight is 207 g/mol. The normalized spacial score (nSPS) is 11.9. The van der Waals surface area contributed by atoms with Crippen LogP contribution < -0.4 is 0 Å². The molecule has 1 aromatic rings. The number of aromatic nitrogens is 1. The van der Waals surface area contributed by atoms with E-state index in [9.17, 15) is 8.42 Å². The number of rotatable bonds is 2. The van der Waals surface area contributed by atoms with Crippen molar-refractivity contribution >= 4 is 21.5 Å². The Morgan fingerprint density at radius 3 is 2.33 bits per heavy atom. The first-order valence-corrected chi connectivity index (χ1v) is 5.44. The maximum atomic E-state index is 11.2. The van der Waals surface area contributed by atoms with Gasteiger partial charge in [-0.05, 0) is 13.8 Å². The number of aryl methyl sites for hydroxylation is 2. The van der Waals surface area contributed by atoms with Crippen LogP contribution in [0.4, 0.5) is 0 Å². The third-order valence-corrected chi connectivity index (χ3v) is 4.23. The number of hydrogen-bond acceptors (Lipinski definition) is 5. The summed E-state index contributed by atoms with van der Waals surface area (Å²) in [5, 5.41) is 0.725. The van der Waals surface area contributed by atoms with Gasteiger partial charge in [-0.3, -0.25) is 4.18 Å². The minimum Gasteiger partial charge on any atom is -0.269 e. The second kappa shape index (κ2) is 3.12. The fourth-order valence-corrected chi connectivity index (χ4v) is 3.00. The van der Waals surface area contributed by atoms with Gasteiger partial charge in [0.2, 0.25) is 0 Å². The van der Waals surface area contributed by atoms with Crippen LogP contribution in [0.1, 0.15) is 10.7 Å². The highest BCUT2D eigenvalue weighted by Crippen LogP contribution is 2.23. The molecule has 0 N–H and O–H groups in total. The third-order valence-electron chi connectivity index (χ3n) is 1.31. The van der Waals surface area contributed by atoms with E-state index in [1.807, 2.05) is 0 Å². The fourth-order valence-electron chi connectivity index (χ4n) is 0.820. The topological polar surface area (TPSA) is 56.3 Å².